The molecule has 3 aromatic rings. The summed E-state index contributed by atoms with van der Waals surface area (Å²) in [5.41, 5.74) is 1.66. The Morgan fingerprint density at radius 1 is 1.00 bits per heavy atom. The lowest BCUT2D eigenvalue weighted by atomic mass is 10.1. The zero-order chi connectivity index (χ0) is 20.8. The van der Waals surface area contributed by atoms with Gasteiger partial charge in [0.2, 0.25) is 0 Å². The normalized spacial score (nSPS) is 11.0. The second-order valence-electron chi connectivity index (χ2n) is 6.13. The molecule has 0 radical (unpaired) electrons. The highest BCUT2D eigenvalue weighted by Gasteiger charge is 2.17. The van der Waals surface area contributed by atoms with Crippen molar-refractivity contribution in [2.45, 2.75) is 6.92 Å². The van der Waals surface area contributed by atoms with Crippen LogP contribution in [0.15, 0.2) is 81.5 Å². The molecule has 0 spiro atoms. The van der Waals surface area contributed by atoms with Crippen molar-refractivity contribution in [3.63, 3.8) is 0 Å². The number of Topliss-reactive ketones (excluding diaryl/α,β-unsaturated/α-hetero) is 1. The van der Waals surface area contributed by atoms with Crippen LogP contribution in [-0.2, 0) is 4.79 Å². The number of benzene rings is 2. The Kier molecular flexibility index (Phi) is 6.41. The monoisotopic (exact) mass is 452 g/mol. The minimum atomic E-state index is -0.550. The lowest BCUT2D eigenvalue weighted by Crippen LogP contribution is -2.30. The van der Waals surface area contributed by atoms with Crippen LogP contribution >= 0.6 is 15.9 Å². The molecule has 0 fully saturated rings. The first kappa shape index (κ1) is 20.3. The largest absolute Gasteiger partial charge is 0.459 e. The van der Waals surface area contributed by atoms with Gasteiger partial charge in [-0.3, -0.25) is 14.4 Å². The van der Waals surface area contributed by atoms with Gasteiger partial charge in [-0.15, -0.1) is 0 Å². The van der Waals surface area contributed by atoms with Crippen LogP contribution in [0, 0.1) is 0 Å². The van der Waals surface area contributed by atoms with Crippen LogP contribution in [-0.4, -0.2) is 17.6 Å². The molecule has 7 heteroatoms. The summed E-state index contributed by atoms with van der Waals surface area (Å²) in [6.45, 7) is 1.45. The zero-order valence-electron chi connectivity index (χ0n) is 15.4. The van der Waals surface area contributed by atoms with Crippen LogP contribution in [0.25, 0.3) is 6.08 Å². The molecule has 0 bridgehead atoms. The molecule has 0 aliphatic rings. The Morgan fingerprint density at radius 3 is 2.41 bits per heavy atom. The van der Waals surface area contributed by atoms with Crippen LogP contribution in [0.3, 0.4) is 0 Å². The molecule has 3 rings (SSSR count). The lowest BCUT2D eigenvalue weighted by molar-refractivity contribution is -0.113. The molecular formula is C22H17BrN2O4. The van der Waals surface area contributed by atoms with E-state index in [9.17, 15) is 14.4 Å². The number of hydrogen-bond acceptors (Lipinski definition) is 4. The van der Waals surface area contributed by atoms with Crippen LogP contribution < -0.4 is 10.6 Å². The molecule has 1 aromatic heterocycles. The molecule has 29 heavy (non-hydrogen) atoms. The van der Waals surface area contributed by atoms with Gasteiger partial charge in [0.05, 0.1) is 6.26 Å². The molecule has 0 saturated heterocycles. The van der Waals surface area contributed by atoms with Gasteiger partial charge in [-0.25, -0.2) is 0 Å². The summed E-state index contributed by atoms with van der Waals surface area (Å²) in [4.78, 5) is 36.8. The predicted molar refractivity (Wildman–Crippen MR) is 113 cm³/mol. The molecule has 0 atom stereocenters. The average molecular weight is 453 g/mol. The number of halogens is 1. The third kappa shape index (κ3) is 5.52. The number of carbonyl (C=O) groups excluding carboxylic acids is 3. The second-order valence-corrected chi connectivity index (χ2v) is 7.05. The highest BCUT2D eigenvalue weighted by atomic mass is 79.9. The maximum absolute atomic E-state index is 12.9. The molecule has 2 aromatic carbocycles. The Morgan fingerprint density at radius 2 is 1.76 bits per heavy atom. The van der Waals surface area contributed by atoms with Gasteiger partial charge in [0, 0.05) is 15.7 Å². The topological polar surface area (TPSA) is 88.4 Å². The van der Waals surface area contributed by atoms with E-state index in [2.05, 4.69) is 26.6 Å². The molecule has 146 valence electrons. The predicted octanol–water partition coefficient (Wildman–Crippen LogP) is 4.65. The summed E-state index contributed by atoms with van der Waals surface area (Å²) in [6.07, 6.45) is 2.93. The van der Waals surface area contributed by atoms with Gasteiger partial charge in [-0.2, -0.15) is 0 Å². The quantitative estimate of drug-likeness (QED) is 0.420. The van der Waals surface area contributed by atoms with Gasteiger partial charge in [0.25, 0.3) is 11.8 Å². The Bertz CT molecular complexity index is 1070. The number of rotatable bonds is 6. The van der Waals surface area contributed by atoms with E-state index < -0.39 is 11.8 Å². The fraction of sp³-hybridized carbons (Fsp3) is 0.0455. The summed E-state index contributed by atoms with van der Waals surface area (Å²) in [5.74, 6) is -1.12. The van der Waals surface area contributed by atoms with Gasteiger partial charge in [-0.1, -0.05) is 40.2 Å². The van der Waals surface area contributed by atoms with Gasteiger partial charge in [0.15, 0.2) is 11.5 Å². The van der Waals surface area contributed by atoms with Crippen molar-refractivity contribution in [2.75, 3.05) is 5.32 Å². The van der Waals surface area contributed by atoms with Crippen molar-refractivity contribution in [1.82, 2.24) is 5.32 Å². The average Bonchev–Trinajstić information content (AvgIpc) is 3.24. The molecule has 0 unspecified atom stereocenters. The van der Waals surface area contributed by atoms with Crippen molar-refractivity contribution < 1.29 is 18.8 Å². The zero-order valence-corrected chi connectivity index (χ0v) is 17.0. The maximum atomic E-state index is 12.9. The molecule has 6 nitrogen and oxygen atoms in total. The van der Waals surface area contributed by atoms with Crippen molar-refractivity contribution in [3.8, 4) is 0 Å². The third-order valence-corrected chi connectivity index (χ3v) is 4.47. The van der Waals surface area contributed by atoms with E-state index >= 15 is 0 Å². The summed E-state index contributed by atoms with van der Waals surface area (Å²) in [5, 5.41) is 5.28. The van der Waals surface area contributed by atoms with Gasteiger partial charge < -0.3 is 15.1 Å². The van der Waals surface area contributed by atoms with Gasteiger partial charge >= 0.3 is 0 Å². The van der Waals surface area contributed by atoms with E-state index in [-0.39, 0.29) is 17.2 Å². The molecule has 2 N–H and O–H groups in total. The first-order valence-electron chi connectivity index (χ1n) is 8.67. The summed E-state index contributed by atoms with van der Waals surface area (Å²) in [7, 11) is 0. The minimum absolute atomic E-state index is 0.0296. The van der Waals surface area contributed by atoms with E-state index in [1.807, 2.05) is 12.1 Å². The fourth-order valence-corrected chi connectivity index (χ4v) is 2.75. The second kappa shape index (κ2) is 9.16. The molecule has 2 amide bonds. The number of anilines is 1. The van der Waals surface area contributed by atoms with E-state index in [0.717, 1.165) is 10.0 Å². The van der Waals surface area contributed by atoms with Crippen LogP contribution in [0.2, 0.25) is 0 Å². The minimum Gasteiger partial charge on any atom is -0.459 e. The number of ketones is 1. The molecule has 0 aliphatic heterocycles. The Hall–Kier alpha value is -3.45. The lowest BCUT2D eigenvalue weighted by Gasteiger charge is -2.11. The molecule has 1 heterocycles. The van der Waals surface area contributed by atoms with Crippen LogP contribution in [0.1, 0.15) is 33.4 Å². The molecule has 0 saturated carbocycles. The number of amides is 2. The fourth-order valence-electron chi connectivity index (χ4n) is 2.49. The first-order chi connectivity index (χ1) is 13.9. The number of furan rings is 1. The highest BCUT2D eigenvalue weighted by molar-refractivity contribution is 9.10. The van der Waals surface area contributed by atoms with E-state index in [4.69, 9.17) is 4.42 Å². The van der Waals surface area contributed by atoms with Gasteiger partial charge in [-0.05, 0) is 55.0 Å². The van der Waals surface area contributed by atoms with E-state index in [0.29, 0.717) is 11.3 Å². The third-order valence-electron chi connectivity index (χ3n) is 3.95. The van der Waals surface area contributed by atoms with E-state index in [1.54, 1.807) is 48.5 Å². The maximum Gasteiger partial charge on any atom is 0.291 e. The standard InChI is InChI=1S/C22H17BrN2O4/c1-14(26)16-4-2-5-18(13-16)24-21(27)19(12-15-7-9-17(23)10-8-15)25-22(28)20-6-3-11-29-20/h2-13H,1H3,(H,24,27)(H,25,28)/b19-12-. The van der Waals surface area contributed by atoms with Crippen molar-refractivity contribution >= 4 is 45.3 Å². The van der Waals surface area contributed by atoms with Crippen molar-refractivity contribution in [2.24, 2.45) is 0 Å². The number of nitrogens with one attached hydrogen (secondary N) is 2. The molecular weight excluding hydrogens is 436 g/mol. The summed E-state index contributed by atoms with van der Waals surface area (Å²) in [6, 6.07) is 16.9. The molecule has 0 aliphatic carbocycles. The van der Waals surface area contributed by atoms with Crippen LogP contribution in [0.5, 0.6) is 0 Å². The van der Waals surface area contributed by atoms with Crippen molar-refractivity contribution in [1.29, 1.82) is 0 Å². The SMILES string of the molecule is CC(=O)c1cccc(NC(=O)/C(=C/c2ccc(Br)cc2)NC(=O)c2ccco2)c1. The Balaban J connectivity index is 1.88. The highest BCUT2D eigenvalue weighted by Crippen LogP contribution is 2.16. The van der Waals surface area contributed by atoms with E-state index in [1.165, 1.54) is 19.3 Å². The summed E-state index contributed by atoms with van der Waals surface area (Å²) >= 11 is 3.36. The van der Waals surface area contributed by atoms with Crippen molar-refractivity contribution in [3.05, 3.63) is 94.0 Å². The first-order valence-corrected chi connectivity index (χ1v) is 9.46. The number of carbonyl (C=O) groups is 3. The summed E-state index contributed by atoms with van der Waals surface area (Å²) < 4.78 is 5.98. The van der Waals surface area contributed by atoms with Crippen LogP contribution in [0.4, 0.5) is 5.69 Å². The number of hydrogen-bond donors (Lipinski definition) is 2. The Labute approximate surface area is 175 Å². The van der Waals surface area contributed by atoms with Gasteiger partial charge in [0.1, 0.15) is 5.70 Å². The smallest absolute Gasteiger partial charge is 0.291 e.